The number of hydrogen-bond acceptors (Lipinski definition) is 4. The fourth-order valence-electron chi connectivity index (χ4n) is 1.83. The highest BCUT2D eigenvalue weighted by atomic mass is 35.5. The van der Waals surface area contributed by atoms with Gasteiger partial charge in [0, 0.05) is 12.6 Å². The fourth-order valence-corrected chi connectivity index (χ4v) is 2.13. The third kappa shape index (κ3) is 4.79. The second-order valence-electron chi connectivity index (χ2n) is 5.04. The van der Waals surface area contributed by atoms with Gasteiger partial charge in [0.25, 0.3) is 0 Å². The summed E-state index contributed by atoms with van der Waals surface area (Å²) in [5, 5.41) is 6.48. The van der Waals surface area contributed by atoms with E-state index >= 15 is 0 Å². The molecule has 0 aliphatic rings. The van der Waals surface area contributed by atoms with Gasteiger partial charge in [0.05, 0.1) is 25.3 Å². The minimum atomic E-state index is -0.309. The Morgan fingerprint density at radius 2 is 1.90 bits per heavy atom. The first kappa shape index (κ1) is 17.6. The lowest BCUT2D eigenvalue weighted by Crippen LogP contribution is -2.44. The lowest BCUT2D eigenvalue weighted by molar-refractivity contribution is -0.123. The number of nitrogens with one attached hydrogen (secondary N) is 2. The van der Waals surface area contributed by atoms with Crippen LogP contribution in [0.1, 0.15) is 26.3 Å². The first-order chi connectivity index (χ1) is 9.90. The maximum Gasteiger partial charge on any atom is 0.237 e. The summed E-state index contributed by atoms with van der Waals surface area (Å²) in [4.78, 5) is 11.8. The normalized spacial score (nSPS) is 12.1. The van der Waals surface area contributed by atoms with Gasteiger partial charge in [0.1, 0.15) is 0 Å². The monoisotopic (exact) mass is 314 g/mol. The molecular weight excluding hydrogens is 292 g/mol. The summed E-state index contributed by atoms with van der Waals surface area (Å²) in [6.07, 6.45) is 0. The van der Waals surface area contributed by atoms with Gasteiger partial charge in [-0.05, 0) is 32.4 Å². The molecule has 1 amide bonds. The van der Waals surface area contributed by atoms with Crippen molar-refractivity contribution in [3.05, 3.63) is 22.7 Å². The number of carbonyl (C=O) groups is 1. The maximum atomic E-state index is 11.8. The predicted molar refractivity (Wildman–Crippen MR) is 84.1 cm³/mol. The molecule has 1 atom stereocenters. The van der Waals surface area contributed by atoms with Crippen molar-refractivity contribution in [1.29, 1.82) is 0 Å². The molecule has 5 nitrogen and oxygen atoms in total. The third-order valence-electron chi connectivity index (χ3n) is 2.99. The number of ether oxygens (including phenoxy) is 2. The van der Waals surface area contributed by atoms with Gasteiger partial charge < -0.3 is 20.1 Å². The molecule has 0 bridgehead atoms. The van der Waals surface area contributed by atoms with Crippen molar-refractivity contribution in [3.63, 3.8) is 0 Å². The van der Waals surface area contributed by atoms with Gasteiger partial charge in [-0.25, -0.2) is 0 Å². The number of benzene rings is 1. The van der Waals surface area contributed by atoms with Crippen LogP contribution in [0.4, 0.5) is 0 Å². The van der Waals surface area contributed by atoms with Crippen molar-refractivity contribution in [2.24, 2.45) is 0 Å². The van der Waals surface area contributed by atoms with Crippen LogP contribution in [0.3, 0.4) is 0 Å². The molecule has 0 saturated carbocycles. The molecule has 0 aliphatic heterocycles. The van der Waals surface area contributed by atoms with Gasteiger partial charge in [-0.3, -0.25) is 4.79 Å². The average molecular weight is 315 g/mol. The first-order valence-corrected chi connectivity index (χ1v) is 7.21. The van der Waals surface area contributed by atoms with Crippen molar-refractivity contribution < 1.29 is 14.3 Å². The molecule has 21 heavy (non-hydrogen) atoms. The minimum Gasteiger partial charge on any atom is -0.493 e. The Morgan fingerprint density at radius 1 is 1.24 bits per heavy atom. The van der Waals surface area contributed by atoms with Crippen LogP contribution in [0, 0.1) is 0 Å². The van der Waals surface area contributed by atoms with Gasteiger partial charge >= 0.3 is 0 Å². The minimum absolute atomic E-state index is 0.0402. The van der Waals surface area contributed by atoms with Gasteiger partial charge in [0.2, 0.25) is 5.91 Å². The van der Waals surface area contributed by atoms with Crippen LogP contribution in [-0.4, -0.2) is 32.2 Å². The molecule has 118 valence electrons. The zero-order valence-electron chi connectivity index (χ0n) is 13.1. The van der Waals surface area contributed by atoms with Gasteiger partial charge in [-0.1, -0.05) is 17.7 Å². The maximum absolute atomic E-state index is 11.8. The van der Waals surface area contributed by atoms with Crippen LogP contribution in [-0.2, 0) is 11.3 Å². The first-order valence-electron chi connectivity index (χ1n) is 6.83. The lowest BCUT2D eigenvalue weighted by atomic mass is 10.1. The van der Waals surface area contributed by atoms with Crippen molar-refractivity contribution in [2.45, 2.75) is 39.4 Å². The number of methoxy groups -OCH3 is 2. The van der Waals surface area contributed by atoms with E-state index in [1.807, 2.05) is 26.8 Å². The zero-order valence-corrected chi connectivity index (χ0v) is 13.9. The highest BCUT2D eigenvalue weighted by Gasteiger charge is 2.16. The van der Waals surface area contributed by atoms with Crippen molar-refractivity contribution >= 4 is 17.5 Å². The van der Waals surface area contributed by atoms with Crippen LogP contribution < -0.4 is 20.1 Å². The smallest absolute Gasteiger partial charge is 0.237 e. The molecular formula is C15H23ClN2O3. The fraction of sp³-hybridized carbons (Fsp3) is 0.533. The molecule has 1 rings (SSSR count). The molecule has 0 heterocycles. The van der Waals surface area contributed by atoms with Crippen molar-refractivity contribution in [2.75, 3.05) is 14.2 Å². The highest BCUT2D eigenvalue weighted by Crippen LogP contribution is 2.37. The Hall–Kier alpha value is -1.46. The number of halogens is 1. The van der Waals surface area contributed by atoms with E-state index in [0.717, 1.165) is 5.56 Å². The highest BCUT2D eigenvalue weighted by molar-refractivity contribution is 6.33. The van der Waals surface area contributed by atoms with Crippen LogP contribution >= 0.6 is 11.6 Å². The van der Waals surface area contributed by atoms with Crippen LogP contribution in [0.25, 0.3) is 0 Å². The average Bonchev–Trinajstić information content (AvgIpc) is 2.44. The number of carbonyl (C=O) groups excluding carboxylic acids is 1. The van der Waals surface area contributed by atoms with Crippen LogP contribution in [0.15, 0.2) is 12.1 Å². The Balaban J connectivity index is 2.74. The van der Waals surface area contributed by atoms with Crippen molar-refractivity contribution in [1.82, 2.24) is 10.6 Å². The largest absolute Gasteiger partial charge is 0.493 e. The number of hydrogen-bond donors (Lipinski definition) is 2. The van der Waals surface area contributed by atoms with E-state index in [-0.39, 0.29) is 18.0 Å². The number of rotatable bonds is 7. The Bertz CT molecular complexity index is 492. The van der Waals surface area contributed by atoms with E-state index in [2.05, 4.69) is 10.6 Å². The summed E-state index contributed by atoms with van der Waals surface area (Å²) in [5.74, 6) is 1.04. The standard InChI is InChI=1S/C15H23ClN2O3/c1-9(2)18-15(19)10(3)17-8-11-6-7-12(20-4)14(21-5)13(11)16/h6-7,9-10,17H,8H2,1-5H3,(H,18,19). The molecule has 0 radical (unpaired) electrons. The Morgan fingerprint density at radius 3 is 2.43 bits per heavy atom. The molecule has 2 N–H and O–H groups in total. The molecule has 6 heteroatoms. The molecule has 1 aromatic rings. The van der Waals surface area contributed by atoms with Gasteiger partial charge in [0.15, 0.2) is 11.5 Å². The summed E-state index contributed by atoms with van der Waals surface area (Å²) < 4.78 is 10.4. The molecule has 1 aromatic carbocycles. The van der Waals surface area contributed by atoms with Gasteiger partial charge in [-0.2, -0.15) is 0 Å². The quantitative estimate of drug-likeness (QED) is 0.811. The summed E-state index contributed by atoms with van der Waals surface area (Å²) in [6, 6.07) is 3.45. The second kappa shape index (κ2) is 8.10. The van der Waals surface area contributed by atoms with E-state index in [4.69, 9.17) is 21.1 Å². The molecule has 0 aromatic heterocycles. The molecule has 0 fully saturated rings. The third-order valence-corrected chi connectivity index (χ3v) is 3.40. The zero-order chi connectivity index (χ0) is 16.0. The van der Waals surface area contributed by atoms with Gasteiger partial charge in [-0.15, -0.1) is 0 Å². The van der Waals surface area contributed by atoms with E-state index in [0.29, 0.717) is 23.1 Å². The van der Waals surface area contributed by atoms with E-state index in [1.165, 1.54) is 0 Å². The van der Waals surface area contributed by atoms with E-state index in [1.54, 1.807) is 20.3 Å². The predicted octanol–water partition coefficient (Wildman–Crippen LogP) is 2.36. The van der Waals surface area contributed by atoms with E-state index in [9.17, 15) is 4.79 Å². The van der Waals surface area contributed by atoms with E-state index < -0.39 is 0 Å². The molecule has 1 unspecified atom stereocenters. The Kier molecular flexibility index (Phi) is 6.78. The summed E-state index contributed by atoms with van der Waals surface area (Å²) >= 11 is 6.29. The van der Waals surface area contributed by atoms with Crippen LogP contribution in [0.2, 0.25) is 5.02 Å². The molecule has 0 saturated heterocycles. The summed E-state index contributed by atoms with van der Waals surface area (Å²) in [7, 11) is 3.10. The summed E-state index contributed by atoms with van der Waals surface area (Å²) in [6.45, 7) is 6.13. The number of amides is 1. The molecule has 0 spiro atoms. The van der Waals surface area contributed by atoms with Crippen molar-refractivity contribution in [3.8, 4) is 11.5 Å². The van der Waals surface area contributed by atoms with Crippen LogP contribution in [0.5, 0.6) is 11.5 Å². The lowest BCUT2D eigenvalue weighted by Gasteiger charge is -2.17. The topological polar surface area (TPSA) is 59.6 Å². The summed E-state index contributed by atoms with van der Waals surface area (Å²) in [5.41, 5.74) is 0.846. The second-order valence-corrected chi connectivity index (χ2v) is 5.42. The molecule has 0 aliphatic carbocycles. The Labute approximate surface area is 131 Å². The SMILES string of the molecule is COc1ccc(CNC(C)C(=O)NC(C)C)c(Cl)c1OC.